The highest BCUT2D eigenvalue weighted by molar-refractivity contribution is 5.98. The molecule has 0 aliphatic carbocycles. The molecule has 0 saturated carbocycles. The molecule has 4 N–H and O–H groups in total. The highest BCUT2D eigenvalue weighted by atomic mass is 16.5. The smallest absolute Gasteiger partial charge is 0.303 e. The molecule has 16 rings (SSSR count). The van der Waals surface area contributed by atoms with E-state index in [0.29, 0.717) is 94.2 Å². The minimum Gasteiger partial charge on any atom is -0.493 e. The lowest BCUT2D eigenvalue weighted by Crippen LogP contribution is -2.45. The van der Waals surface area contributed by atoms with Gasteiger partial charge in [-0.2, -0.15) is 0 Å². The molecule has 13 aromatic rings. The van der Waals surface area contributed by atoms with Crippen molar-refractivity contribution in [3.63, 3.8) is 0 Å². The number of para-hydroxylation sites is 4. The molecular formula is C106H111N5O19. The van der Waals surface area contributed by atoms with Gasteiger partial charge in [0.15, 0.2) is 0 Å². The number of hydrogen-bond donors (Lipinski definition) is 4. The number of aromatic nitrogens is 2. The van der Waals surface area contributed by atoms with Crippen LogP contribution in [0.2, 0.25) is 0 Å². The normalized spacial score (nSPS) is 14.3. The summed E-state index contributed by atoms with van der Waals surface area (Å²) in [6, 6.07) is 77.6. The summed E-state index contributed by atoms with van der Waals surface area (Å²) >= 11 is 0. The number of carboxylic acid groups (broad SMARTS) is 4. The van der Waals surface area contributed by atoms with Gasteiger partial charge in [0.05, 0.1) is 87.1 Å². The van der Waals surface area contributed by atoms with Gasteiger partial charge < -0.3 is 76.3 Å². The highest BCUT2D eigenvalue weighted by Crippen LogP contribution is 2.43. The molecule has 3 aliphatic rings. The van der Waals surface area contributed by atoms with Crippen LogP contribution in [0.25, 0.3) is 67.9 Å². The highest BCUT2D eigenvalue weighted by Gasteiger charge is 2.37. The van der Waals surface area contributed by atoms with E-state index in [0.717, 1.165) is 185 Å². The molecule has 130 heavy (non-hydrogen) atoms. The number of aliphatic carboxylic acids is 4. The molecule has 3 fully saturated rings. The first-order chi connectivity index (χ1) is 63.5. The SMILES string of the molecule is Cn1c(-c2ccccc2OCCCCCC(=O)O)cnc1-c1ccc(-c2ccco2)cc1.O=C(O)CCCCCOc1ccccc1C(=O)N1CCCC1c1ccc(-c2ccco2)cc1.O=C(O)CCCCCOc1ccccc1C1CCCN1C(=O)c1ccc(-c2ccco2)cc1.O=C(O)CCCCCOc1ccccc1C1CCN1C(=O)c1ccc(-c2ccco2)cc1. The van der Waals surface area contributed by atoms with Crippen molar-refractivity contribution in [2.75, 3.05) is 46.1 Å². The Hall–Kier alpha value is -14.4. The molecular weight excluding hydrogens is 1650 g/mol. The van der Waals surface area contributed by atoms with Crippen LogP contribution in [0.1, 0.15) is 201 Å². The van der Waals surface area contributed by atoms with Gasteiger partial charge in [0.2, 0.25) is 0 Å². The maximum absolute atomic E-state index is 13.5. The average Bonchev–Trinajstić information content (AvgIpc) is 1.44. The first kappa shape index (κ1) is 93.2. The van der Waals surface area contributed by atoms with E-state index in [-0.39, 0.29) is 61.5 Å². The molecule has 3 amide bonds. The van der Waals surface area contributed by atoms with Crippen molar-refractivity contribution in [1.29, 1.82) is 0 Å². The lowest BCUT2D eigenvalue weighted by atomic mass is 9.92. The third-order valence-electron chi connectivity index (χ3n) is 23.2. The quantitative estimate of drug-likeness (QED) is 0.0259. The van der Waals surface area contributed by atoms with Gasteiger partial charge in [-0.25, -0.2) is 4.98 Å². The second kappa shape index (κ2) is 47.9. The lowest BCUT2D eigenvalue weighted by Gasteiger charge is -2.42. The Morgan fingerprint density at radius 3 is 1.10 bits per heavy atom. The van der Waals surface area contributed by atoms with Crippen LogP contribution >= 0.6 is 0 Å². The number of furan rings is 4. The van der Waals surface area contributed by atoms with Crippen LogP contribution < -0.4 is 18.9 Å². The molecule has 674 valence electrons. The molecule has 3 atom stereocenters. The minimum atomic E-state index is -0.775. The Balaban J connectivity index is 0.000000148. The first-order valence-corrected chi connectivity index (χ1v) is 44.8. The zero-order valence-electron chi connectivity index (χ0n) is 73.2. The number of likely N-dealkylation sites (tertiary alicyclic amines) is 3. The maximum atomic E-state index is 13.5. The number of carbonyl (C=O) groups excluding carboxylic acids is 3. The van der Waals surface area contributed by atoms with Crippen molar-refractivity contribution in [3.05, 3.63) is 307 Å². The van der Waals surface area contributed by atoms with Crippen molar-refractivity contribution in [2.24, 2.45) is 7.05 Å². The Morgan fingerprint density at radius 1 is 0.338 bits per heavy atom. The lowest BCUT2D eigenvalue weighted by molar-refractivity contribution is -0.138. The summed E-state index contributed by atoms with van der Waals surface area (Å²) in [6.45, 7) is 4.22. The van der Waals surface area contributed by atoms with Crippen LogP contribution in [0.15, 0.2) is 292 Å². The summed E-state index contributed by atoms with van der Waals surface area (Å²) in [6.07, 6.45) is 22.9. The fourth-order valence-electron chi connectivity index (χ4n) is 16.3. The van der Waals surface area contributed by atoms with E-state index < -0.39 is 23.9 Å². The largest absolute Gasteiger partial charge is 0.493 e. The van der Waals surface area contributed by atoms with Crippen molar-refractivity contribution < 1.29 is 90.6 Å². The van der Waals surface area contributed by atoms with Crippen LogP contribution in [0.5, 0.6) is 23.0 Å². The van der Waals surface area contributed by atoms with E-state index in [2.05, 4.69) is 21.7 Å². The van der Waals surface area contributed by atoms with E-state index in [1.807, 2.05) is 258 Å². The van der Waals surface area contributed by atoms with Crippen LogP contribution in [-0.2, 0) is 26.2 Å². The van der Waals surface area contributed by atoms with Crippen LogP contribution in [-0.4, -0.2) is 132 Å². The van der Waals surface area contributed by atoms with Gasteiger partial charge in [-0.15, -0.1) is 0 Å². The molecule has 0 spiro atoms. The molecule has 8 heterocycles. The molecule has 8 aromatic carbocycles. The topological polar surface area (TPSA) is 317 Å². The number of benzene rings is 8. The predicted octanol–water partition coefficient (Wildman–Crippen LogP) is 23.5. The Morgan fingerprint density at radius 2 is 0.685 bits per heavy atom. The number of ether oxygens (including phenoxy) is 4. The summed E-state index contributed by atoms with van der Waals surface area (Å²) in [7, 11) is 2.00. The number of amides is 3. The Kier molecular flexibility index (Phi) is 34.4. The van der Waals surface area contributed by atoms with Crippen molar-refractivity contribution >= 4 is 41.6 Å². The third kappa shape index (κ3) is 25.9. The fraction of sp³-hybridized carbons (Fsp3) is 0.302. The standard InChI is InChI=1S/2C27H29NO5.C26H26N2O4.C26H27NO5/c29-26(30)12-2-1-5-18-33-25-10-4-3-8-22(25)23-9-6-17-28(23)27(31)21-15-13-20(14-16-21)24-11-7-19-32-24;29-26(30)12-2-1-5-18-33-25-10-4-3-8-22(25)27(31)28-17-6-9-23(28)20-13-15-21(16-14-20)24-11-7-19-32-24;1-28-22(21-8-4-5-9-24(21)32-16-6-2-3-11-25(29)30)18-27-26(28)20-14-12-19(13-15-20)23-10-7-17-31-23;28-25(29)10-2-1-5-17-32-24-8-4-3-7-21(24)22-15-16-27(22)26(30)20-13-11-19(12-14-20)23-9-6-18-31-23/h2*3-4,7-8,10-11,13-16,19,23H,1-2,5-6,9,12,17-18H2,(H,29,30);4-5,7-10,12-15,17-18H,2-3,6,11,16H2,1H3,(H,29,30);3-4,6-9,11-14,18,22H,1-2,5,10,15-17H2,(H,28,29). The summed E-state index contributed by atoms with van der Waals surface area (Å²) in [5, 5.41) is 34.9. The number of unbranched alkanes of at least 4 members (excludes halogenated alkanes) is 8. The minimum absolute atomic E-state index is 0.00420. The Labute approximate surface area is 756 Å². The number of rotatable bonds is 40. The number of carbonyl (C=O) groups is 7. The number of hydrogen-bond acceptors (Lipinski definition) is 16. The average molecular weight is 1760 g/mol. The van der Waals surface area contributed by atoms with Crippen LogP contribution in [0.4, 0.5) is 0 Å². The van der Waals surface area contributed by atoms with Crippen LogP contribution in [0.3, 0.4) is 0 Å². The second-order valence-electron chi connectivity index (χ2n) is 32.2. The molecule has 3 aliphatic heterocycles. The number of carboxylic acids is 4. The van der Waals surface area contributed by atoms with E-state index in [1.165, 1.54) is 0 Å². The molecule has 24 nitrogen and oxygen atoms in total. The van der Waals surface area contributed by atoms with E-state index in [9.17, 15) is 33.6 Å². The van der Waals surface area contributed by atoms with Crippen LogP contribution in [0, 0.1) is 0 Å². The fourth-order valence-corrected chi connectivity index (χ4v) is 16.3. The molecule has 3 saturated heterocycles. The third-order valence-corrected chi connectivity index (χ3v) is 23.2. The molecule has 5 aromatic heterocycles. The second-order valence-corrected chi connectivity index (χ2v) is 32.2. The zero-order valence-corrected chi connectivity index (χ0v) is 73.2. The predicted molar refractivity (Wildman–Crippen MR) is 494 cm³/mol. The van der Waals surface area contributed by atoms with Gasteiger partial charge in [0.25, 0.3) is 17.7 Å². The van der Waals surface area contributed by atoms with Crippen molar-refractivity contribution in [1.82, 2.24) is 24.3 Å². The Bertz CT molecular complexity index is 5730. The maximum Gasteiger partial charge on any atom is 0.303 e. The van der Waals surface area contributed by atoms with E-state index in [4.69, 9.17) is 57.0 Å². The molecule has 0 radical (unpaired) electrons. The van der Waals surface area contributed by atoms with E-state index >= 15 is 0 Å². The number of imidazole rings is 1. The first-order valence-electron chi connectivity index (χ1n) is 44.8. The van der Waals surface area contributed by atoms with Gasteiger partial charge in [-0.05, 0) is 224 Å². The summed E-state index contributed by atoms with van der Waals surface area (Å²) in [5.74, 6) is 4.03. The molecule has 24 heteroatoms. The van der Waals surface area contributed by atoms with Gasteiger partial charge in [-0.3, -0.25) is 33.6 Å². The van der Waals surface area contributed by atoms with Crippen molar-refractivity contribution in [3.8, 4) is 90.9 Å². The van der Waals surface area contributed by atoms with Gasteiger partial charge in [0.1, 0.15) is 51.9 Å². The van der Waals surface area contributed by atoms with Gasteiger partial charge >= 0.3 is 23.9 Å². The summed E-state index contributed by atoms with van der Waals surface area (Å²) in [5.41, 5.74) is 11.9. The monoisotopic (exact) mass is 1760 g/mol. The molecule has 3 unspecified atom stereocenters. The number of nitrogens with zero attached hydrogens (tertiary/aromatic N) is 5. The van der Waals surface area contributed by atoms with Gasteiger partial charge in [-0.1, -0.05) is 133 Å². The van der Waals surface area contributed by atoms with Crippen molar-refractivity contribution in [2.45, 2.75) is 153 Å². The van der Waals surface area contributed by atoms with E-state index in [1.54, 1.807) is 25.1 Å². The zero-order chi connectivity index (χ0) is 90.8. The summed E-state index contributed by atoms with van der Waals surface area (Å²) in [4.78, 5) is 92.9. The van der Waals surface area contributed by atoms with Gasteiger partial charge in [0, 0.05) is 108 Å². The summed E-state index contributed by atoms with van der Waals surface area (Å²) < 4.78 is 47.9. The molecule has 0 bridgehead atoms.